The van der Waals surface area contributed by atoms with E-state index in [1.165, 1.54) is 6.07 Å². The van der Waals surface area contributed by atoms with Crippen molar-refractivity contribution in [1.29, 1.82) is 0 Å². The summed E-state index contributed by atoms with van der Waals surface area (Å²) < 4.78 is 19.8. The van der Waals surface area contributed by atoms with Gasteiger partial charge < -0.3 is 9.84 Å². The van der Waals surface area contributed by atoms with Gasteiger partial charge in [-0.25, -0.2) is 4.39 Å². The van der Waals surface area contributed by atoms with Crippen molar-refractivity contribution in [2.75, 3.05) is 0 Å². The largest absolute Gasteiger partial charge is 0.489 e. The molecule has 0 fully saturated rings. The molecule has 2 rings (SSSR count). The van der Waals surface area contributed by atoms with E-state index in [2.05, 4.69) is 12.6 Å². The summed E-state index contributed by atoms with van der Waals surface area (Å²) in [5.74, 6) is -0.631. The van der Waals surface area contributed by atoms with Crippen LogP contribution < -0.4 is 4.74 Å². The quantitative estimate of drug-likeness (QED) is 0.467. The molecule has 0 aromatic heterocycles. The highest BCUT2D eigenvalue weighted by Crippen LogP contribution is 2.20. The number of carbonyl (C=O) groups is 1. The van der Waals surface area contributed by atoms with Gasteiger partial charge in [-0.3, -0.25) is 4.79 Å². The lowest BCUT2D eigenvalue weighted by atomic mass is 10.0. The van der Waals surface area contributed by atoms with Crippen LogP contribution in [0.25, 0.3) is 0 Å². The SMILES string of the molecule is O=C(O)C(S)CCCCCc1ccc(OCc2ccccc2)cc1F. The Labute approximate surface area is 153 Å². The third kappa shape index (κ3) is 6.78. The van der Waals surface area contributed by atoms with Crippen molar-refractivity contribution < 1.29 is 19.0 Å². The van der Waals surface area contributed by atoms with Crippen LogP contribution in [0, 0.1) is 5.82 Å². The second-order valence-corrected chi connectivity index (χ2v) is 6.60. The van der Waals surface area contributed by atoms with E-state index in [1.54, 1.807) is 12.1 Å². The molecule has 0 spiro atoms. The molecule has 5 heteroatoms. The fourth-order valence-corrected chi connectivity index (χ4v) is 2.70. The van der Waals surface area contributed by atoms with E-state index in [0.29, 0.717) is 30.8 Å². The lowest BCUT2D eigenvalue weighted by Gasteiger charge is -2.09. The molecule has 1 unspecified atom stereocenters. The maximum absolute atomic E-state index is 14.1. The summed E-state index contributed by atoms with van der Waals surface area (Å²) in [6.45, 7) is 0.411. The fraction of sp³-hybridized carbons (Fsp3) is 0.350. The molecule has 2 aromatic rings. The Morgan fingerprint density at radius 3 is 2.56 bits per heavy atom. The number of hydrogen-bond donors (Lipinski definition) is 2. The second-order valence-electron chi connectivity index (χ2n) is 5.98. The number of carboxylic acid groups (broad SMARTS) is 1. The summed E-state index contributed by atoms with van der Waals surface area (Å²) in [6.07, 6.45) is 3.62. The Kier molecular flexibility index (Phi) is 7.79. The van der Waals surface area contributed by atoms with Crippen LogP contribution in [0.3, 0.4) is 0 Å². The Bertz CT molecular complexity index is 676. The third-order valence-corrected chi connectivity index (χ3v) is 4.46. The van der Waals surface area contributed by atoms with Crippen molar-refractivity contribution in [2.24, 2.45) is 0 Å². The highest BCUT2D eigenvalue weighted by molar-refractivity contribution is 7.81. The van der Waals surface area contributed by atoms with Gasteiger partial charge in [-0.2, -0.15) is 12.6 Å². The molecule has 1 atom stereocenters. The summed E-state index contributed by atoms with van der Waals surface area (Å²) in [4.78, 5) is 10.7. The first-order valence-electron chi connectivity index (χ1n) is 8.42. The summed E-state index contributed by atoms with van der Waals surface area (Å²) in [7, 11) is 0. The first kappa shape index (κ1) is 19.3. The van der Waals surface area contributed by atoms with Crippen molar-refractivity contribution in [1.82, 2.24) is 0 Å². The predicted octanol–water partition coefficient (Wildman–Crippen LogP) is 4.89. The predicted molar refractivity (Wildman–Crippen MR) is 99.8 cm³/mol. The molecular formula is C20H23FO3S. The smallest absolute Gasteiger partial charge is 0.316 e. The molecule has 3 nitrogen and oxygen atoms in total. The molecule has 0 aliphatic heterocycles. The van der Waals surface area contributed by atoms with E-state index in [4.69, 9.17) is 9.84 Å². The van der Waals surface area contributed by atoms with Gasteiger partial charge in [-0.15, -0.1) is 0 Å². The molecule has 0 aliphatic carbocycles. The maximum Gasteiger partial charge on any atom is 0.316 e. The van der Waals surface area contributed by atoms with Crippen LogP contribution in [0.1, 0.15) is 36.8 Å². The monoisotopic (exact) mass is 362 g/mol. The molecule has 0 aliphatic rings. The number of carboxylic acids is 1. The summed E-state index contributed by atoms with van der Waals surface area (Å²) in [5, 5.41) is 8.14. The van der Waals surface area contributed by atoms with Crippen LogP contribution in [0.15, 0.2) is 48.5 Å². The van der Waals surface area contributed by atoms with Crippen LogP contribution in [-0.4, -0.2) is 16.3 Å². The number of ether oxygens (including phenoxy) is 1. The molecule has 25 heavy (non-hydrogen) atoms. The third-order valence-electron chi connectivity index (χ3n) is 3.98. The van der Waals surface area contributed by atoms with Crippen molar-refractivity contribution in [2.45, 2.75) is 44.0 Å². The van der Waals surface area contributed by atoms with Gasteiger partial charge in [-0.05, 0) is 36.5 Å². The van der Waals surface area contributed by atoms with Crippen molar-refractivity contribution >= 4 is 18.6 Å². The summed E-state index contributed by atoms with van der Waals surface area (Å²) >= 11 is 4.00. The number of unbranched alkanes of at least 4 members (excludes halogenated alkanes) is 2. The molecular weight excluding hydrogens is 339 g/mol. The first-order valence-corrected chi connectivity index (χ1v) is 8.94. The minimum absolute atomic E-state index is 0.261. The zero-order valence-corrected chi connectivity index (χ0v) is 14.9. The van der Waals surface area contributed by atoms with Gasteiger partial charge in [0.05, 0.1) is 5.25 Å². The lowest BCUT2D eigenvalue weighted by Crippen LogP contribution is -2.12. The second kappa shape index (κ2) is 10.1. The summed E-state index contributed by atoms with van der Waals surface area (Å²) in [5.41, 5.74) is 1.70. The number of halogens is 1. The van der Waals surface area contributed by atoms with Crippen molar-refractivity contribution in [3.8, 4) is 5.75 Å². The van der Waals surface area contributed by atoms with Gasteiger partial charge in [-0.1, -0.05) is 49.2 Å². The lowest BCUT2D eigenvalue weighted by molar-refractivity contribution is -0.136. The van der Waals surface area contributed by atoms with Crippen LogP contribution >= 0.6 is 12.6 Å². The minimum Gasteiger partial charge on any atom is -0.489 e. The van der Waals surface area contributed by atoms with Crippen LogP contribution in [-0.2, 0) is 17.8 Å². The topological polar surface area (TPSA) is 46.5 Å². The highest BCUT2D eigenvalue weighted by Gasteiger charge is 2.11. The molecule has 0 saturated carbocycles. The van der Waals surface area contributed by atoms with Crippen LogP contribution in [0.5, 0.6) is 5.75 Å². The molecule has 2 aromatic carbocycles. The number of thiol groups is 1. The van der Waals surface area contributed by atoms with E-state index >= 15 is 0 Å². The van der Waals surface area contributed by atoms with Gasteiger partial charge in [0.2, 0.25) is 0 Å². The maximum atomic E-state index is 14.1. The van der Waals surface area contributed by atoms with Crippen molar-refractivity contribution in [3.63, 3.8) is 0 Å². The Hall–Kier alpha value is -2.01. The number of aryl methyl sites for hydroxylation is 1. The fourth-order valence-electron chi connectivity index (χ4n) is 2.51. The molecule has 0 radical (unpaired) electrons. The van der Waals surface area contributed by atoms with Crippen LogP contribution in [0.4, 0.5) is 4.39 Å². The molecule has 0 bridgehead atoms. The van der Waals surface area contributed by atoms with E-state index in [-0.39, 0.29) is 5.82 Å². The molecule has 0 amide bonds. The van der Waals surface area contributed by atoms with E-state index < -0.39 is 11.2 Å². The average molecular weight is 362 g/mol. The standard InChI is InChI=1S/C20H23FO3S/c21-18-13-17(24-14-15-7-3-1-4-8-15)12-11-16(18)9-5-2-6-10-19(25)20(22)23/h1,3-4,7-8,11-13,19,25H,2,5-6,9-10,14H2,(H,22,23). The van der Waals surface area contributed by atoms with Crippen LogP contribution in [0.2, 0.25) is 0 Å². The van der Waals surface area contributed by atoms with Crippen molar-refractivity contribution in [3.05, 3.63) is 65.5 Å². The van der Waals surface area contributed by atoms with E-state index in [0.717, 1.165) is 24.8 Å². The van der Waals surface area contributed by atoms with E-state index in [1.807, 2.05) is 30.3 Å². The number of hydrogen-bond acceptors (Lipinski definition) is 3. The minimum atomic E-state index is -0.888. The van der Waals surface area contributed by atoms with Gasteiger partial charge >= 0.3 is 5.97 Å². The first-order chi connectivity index (χ1) is 12.1. The zero-order valence-electron chi connectivity index (χ0n) is 14.0. The van der Waals surface area contributed by atoms with Gasteiger partial charge in [0, 0.05) is 6.07 Å². The zero-order chi connectivity index (χ0) is 18.1. The number of benzene rings is 2. The highest BCUT2D eigenvalue weighted by atomic mass is 32.1. The normalized spacial score (nSPS) is 11.9. The number of rotatable bonds is 10. The Morgan fingerprint density at radius 1 is 1.12 bits per heavy atom. The molecule has 1 N–H and O–H groups in total. The molecule has 0 heterocycles. The Morgan fingerprint density at radius 2 is 1.88 bits per heavy atom. The van der Waals surface area contributed by atoms with Gasteiger partial charge in [0.25, 0.3) is 0 Å². The molecule has 134 valence electrons. The molecule has 0 saturated heterocycles. The Balaban J connectivity index is 1.74. The summed E-state index contributed by atoms with van der Waals surface area (Å²) in [6, 6.07) is 14.7. The van der Waals surface area contributed by atoms with Gasteiger partial charge in [0.15, 0.2) is 0 Å². The van der Waals surface area contributed by atoms with Gasteiger partial charge in [0.1, 0.15) is 18.2 Å². The van der Waals surface area contributed by atoms with E-state index in [9.17, 15) is 9.18 Å². The average Bonchev–Trinajstić information content (AvgIpc) is 2.61. The number of aliphatic carboxylic acids is 1.